The van der Waals surface area contributed by atoms with Crippen LogP contribution in [0, 0.1) is 0 Å². The molecule has 8 heteroatoms. The zero-order chi connectivity index (χ0) is 12.5. The van der Waals surface area contributed by atoms with Crippen molar-refractivity contribution in [2.24, 2.45) is 0 Å². The summed E-state index contributed by atoms with van der Waals surface area (Å²) in [5, 5.41) is 6.00. The number of methoxy groups -OCH3 is 1. The SMILES string of the molecule is COC1CCCC1NS(=O)(=O)c1cn[nH]c1N. The van der Waals surface area contributed by atoms with E-state index in [-0.39, 0.29) is 22.9 Å². The van der Waals surface area contributed by atoms with E-state index in [1.807, 2.05) is 0 Å². The van der Waals surface area contributed by atoms with Crippen LogP contribution in [0.15, 0.2) is 11.1 Å². The number of aromatic nitrogens is 2. The summed E-state index contributed by atoms with van der Waals surface area (Å²) in [6.07, 6.45) is 3.72. The standard InChI is InChI=1S/C9H16N4O3S/c1-16-7-4-2-3-6(7)13-17(14,15)8-5-11-12-9(8)10/h5-7,13H,2-4H2,1H3,(H3,10,11,12). The number of nitrogens with zero attached hydrogens (tertiary/aromatic N) is 1. The van der Waals surface area contributed by atoms with Crippen LogP contribution < -0.4 is 10.5 Å². The molecule has 0 saturated heterocycles. The Labute approximate surface area is 99.8 Å². The first kappa shape index (κ1) is 12.3. The van der Waals surface area contributed by atoms with Gasteiger partial charge in [0, 0.05) is 13.2 Å². The number of H-pyrrole nitrogens is 1. The maximum Gasteiger partial charge on any atom is 0.246 e. The summed E-state index contributed by atoms with van der Waals surface area (Å²) in [7, 11) is -2.04. The van der Waals surface area contributed by atoms with Gasteiger partial charge < -0.3 is 10.5 Å². The molecule has 0 bridgehead atoms. The van der Waals surface area contributed by atoms with Crippen LogP contribution >= 0.6 is 0 Å². The van der Waals surface area contributed by atoms with E-state index in [2.05, 4.69) is 14.9 Å². The van der Waals surface area contributed by atoms with Gasteiger partial charge in [0.2, 0.25) is 10.0 Å². The Balaban J connectivity index is 2.16. The van der Waals surface area contributed by atoms with Crippen LogP contribution in [0.1, 0.15) is 19.3 Å². The molecule has 2 atom stereocenters. The zero-order valence-electron chi connectivity index (χ0n) is 9.51. The van der Waals surface area contributed by atoms with Gasteiger partial charge >= 0.3 is 0 Å². The molecule has 1 aromatic rings. The maximum absolute atomic E-state index is 12.0. The van der Waals surface area contributed by atoms with Crippen LogP contribution in [-0.4, -0.2) is 37.9 Å². The molecule has 1 aromatic heterocycles. The molecule has 0 aliphatic heterocycles. The van der Waals surface area contributed by atoms with Gasteiger partial charge in [0.15, 0.2) is 0 Å². The van der Waals surface area contributed by atoms with Gasteiger partial charge in [-0.3, -0.25) is 5.10 Å². The van der Waals surface area contributed by atoms with E-state index < -0.39 is 10.0 Å². The maximum atomic E-state index is 12.0. The minimum atomic E-state index is -3.62. The summed E-state index contributed by atoms with van der Waals surface area (Å²) in [6, 6.07) is -0.195. The average molecular weight is 260 g/mol. The molecule has 17 heavy (non-hydrogen) atoms. The molecule has 2 unspecified atom stereocenters. The van der Waals surface area contributed by atoms with Gasteiger partial charge in [-0.1, -0.05) is 0 Å². The second-order valence-corrected chi connectivity index (χ2v) is 5.76. The predicted octanol–water partition coefficient (Wildman–Crippen LogP) is -0.162. The van der Waals surface area contributed by atoms with Gasteiger partial charge in [-0.15, -0.1) is 0 Å². The third-order valence-corrected chi connectivity index (χ3v) is 4.50. The lowest BCUT2D eigenvalue weighted by atomic mass is 10.2. The first-order valence-electron chi connectivity index (χ1n) is 5.38. The van der Waals surface area contributed by atoms with Crippen molar-refractivity contribution >= 4 is 15.8 Å². The smallest absolute Gasteiger partial charge is 0.246 e. The number of ether oxygens (including phenoxy) is 1. The van der Waals surface area contributed by atoms with Gasteiger partial charge in [-0.05, 0) is 19.3 Å². The molecule has 1 fully saturated rings. The monoisotopic (exact) mass is 260 g/mol. The highest BCUT2D eigenvalue weighted by Crippen LogP contribution is 2.24. The molecule has 0 spiro atoms. The summed E-state index contributed by atoms with van der Waals surface area (Å²) in [5.74, 6) is 0.0458. The van der Waals surface area contributed by atoms with Crippen molar-refractivity contribution in [3.63, 3.8) is 0 Å². The van der Waals surface area contributed by atoms with E-state index in [0.717, 1.165) is 19.3 Å². The summed E-state index contributed by atoms with van der Waals surface area (Å²) in [5.41, 5.74) is 5.50. The van der Waals surface area contributed by atoms with Gasteiger partial charge in [0.1, 0.15) is 10.7 Å². The first-order valence-corrected chi connectivity index (χ1v) is 6.87. The molecule has 7 nitrogen and oxygen atoms in total. The van der Waals surface area contributed by atoms with Crippen molar-refractivity contribution in [2.45, 2.75) is 36.3 Å². The Kier molecular flexibility index (Phi) is 3.36. The van der Waals surface area contributed by atoms with Crippen LogP contribution in [0.2, 0.25) is 0 Å². The van der Waals surface area contributed by atoms with E-state index in [1.54, 1.807) is 7.11 Å². The number of nitrogens with two attached hydrogens (primary N) is 1. The van der Waals surface area contributed by atoms with Gasteiger partial charge in [-0.25, -0.2) is 13.1 Å². The fourth-order valence-corrected chi connectivity index (χ4v) is 3.43. The minimum absolute atomic E-state index is 0.0146. The number of sulfonamides is 1. The number of aromatic amines is 1. The Morgan fingerprint density at radius 1 is 1.59 bits per heavy atom. The number of hydrogen-bond acceptors (Lipinski definition) is 5. The quantitative estimate of drug-likeness (QED) is 0.696. The molecular weight excluding hydrogens is 244 g/mol. The molecule has 0 aromatic carbocycles. The Hall–Kier alpha value is -1.12. The van der Waals surface area contributed by atoms with Crippen molar-refractivity contribution < 1.29 is 13.2 Å². The predicted molar refractivity (Wildman–Crippen MR) is 61.8 cm³/mol. The summed E-state index contributed by atoms with van der Waals surface area (Å²) < 4.78 is 31.9. The van der Waals surface area contributed by atoms with Crippen LogP contribution in [0.3, 0.4) is 0 Å². The molecule has 1 aliphatic rings. The minimum Gasteiger partial charge on any atom is -0.383 e. The number of nitrogen functional groups attached to an aromatic ring is 1. The van der Waals surface area contributed by atoms with E-state index in [1.165, 1.54) is 6.20 Å². The molecule has 96 valence electrons. The highest BCUT2D eigenvalue weighted by atomic mass is 32.2. The lowest BCUT2D eigenvalue weighted by Crippen LogP contribution is -2.40. The van der Waals surface area contributed by atoms with Crippen molar-refractivity contribution in [3.05, 3.63) is 6.20 Å². The Bertz CT molecular complexity index is 484. The van der Waals surface area contributed by atoms with E-state index >= 15 is 0 Å². The second kappa shape index (κ2) is 4.63. The lowest BCUT2D eigenvalue weighted by molar-refractivity contribution is 0.0916. The topological polar surface area (TPSA) is 110 Å². The Morgan fingerprint density at radius 3 is 2.94 bits per heavy atom. The molecule has 0 radical (unpaired) electrons. The first-order chi connectivity index (χ1) is 8.04. The number of hydrogen-bond donors (Lipinski definition) is 3. The summed E-state index contributed by atoms with van der Waals surface area (Å²) in [6.45, 7) is 0. The van der Waals surface area contributed by atoms with Crippen LogP contribution in [-0.2, 0) is 14.8 Å². The van der Waals surface area contributed by atoms with E-state index in [4.69, 9.17) is 10.5 Å². The molecule has 1 aliphatic carbocycles. The van der Waals surface area contributed by atoms with Crippen molar-refractivity contribution in [3.8, 4) is 0 Å². The van der Waals surface area contributed by atoms with Crippen LogP contribution in [0.25, 0.3) is 0 Å². The van der Waals surface area contributed by atoms with Crippen molar-refractivity contribution in [2.75, 3.05) is 12.8 Å². The fourth-order valence-electron chi connectivity index (χ4n) is 2.10. The van der Waals surface area contributed by atoms with Gasteiger partial charge in [0.25, 0.3) is 0 Å². The largest absolute Gasteiger partial charge is 0.383 e. The molecule has 1 saturated carbocycles. The van der Waals surface area contributed by atoms with Crippen molar-refractivity contribution in [1.82, 2.24) is 14.9 Å². The lowest BCUT2D eigenvalue weighted by Gasteiger charge is -2.19. The van der Waals surface area contributed by atoms with E-state index in [0.29, 0.717) is 0 Å². The third-order valence-electron chi connectivity index (χ3n) is 2.98. The number of anilines is 1. The molecule has 1 heterocycles. The normalized spacial score (nSPS) is 25.2. The third kappa shape index (κ3) is 2.43. The van der Waals surface area contributed by atoms with Gasteiger partial charge in [0.05, 0.1) is 12.3 Å². The molecule has 0 amide bonds. The van der Waals surface area contributed by atoms with Gasteiger partial charge in [-0.2, -0.15) is 5.10 Å². The highest BCUT2D eigenvalue weighted by molar-refractivity contribution is 7.89. The zero-order valence-corrected chi connectivity index (χ0v) is 10.3. The van der Waals surface area contributed by atoms with Crippen LogP contribution in [0.4, 0.5) is 5.82 Å². The number of rotatable bonds is 4. The molecule has 2 rings (SSSR count). The number of nitrogens with one attached hydrogen (secondary N) is 2. The molecule has 4 N–H and O–H groups in total. The van der Waals surface area contributed by atoms with Crippen LogP contribution in [0.5, 0.6) is 0 Å². The Morgan fingerprint density at radius 2 is 2.35 bits per heavy atom. The summed E-state index contributed by atoms with van der Waals surface area (Å²) >= 11 is 0. The summed E-state index contributed by atoms with van der Waals surface area (Å²) in [4.78, 5) is -0.0146. The fraction of sp³-hybridized carbons (Fsp3) is 0.667. The molecular formula is C9H16N4O3S. The second-order valence-electron chi connectivity index (χ2n) is 4.08. The van der Waals surface area contributed by atoms with Crippen molar-refractivity contribution in [1.29, 1.82) is 0 Å². The average Bonchev–Trinajstić information content (AvgIpc) is 2.86. The van der Waals surface area contributed by atoms with E-state index in [9.17, 15) is 8.42 Å². The highest BCUT2D eigenvalue weighted by Gasteiger charge is 2.32.